The van der Waals surface area contributed by atoms with E-state index in [4.69, 9.17) is 4.74 Å². The minimum absolute atomic E-state index is 0.110. The molecule has 1 fully saturated rings. The zero-order valence-electron chi connectivity index (χ0n) is 14.8. The Balaban J connectivity index is 1.70. The molecule has 0 unspecified atom stereocenters. The maximum Gasteiger partial charge on any atom is 0.227 e. The van der Waals surface area contributed by atoms with Crippen molar-refractivity contribution in [1.29, 1.82) is 0 Å². The molecule has 2 aromatic rings. The summed E-state index contributed by atoms with van der Waals surface area (Å²) in [5.41, 5.74) is 4.15. The number of hydrogen-bond acceptors (Lipinski definition) is 3. The zero-order valence-corrected chi connectivity index (χ0v) is 14.8. The average Bonchev–Trinajstić information content (AvgIpc) is 2.89. The molecular weight excluding hydrogens is 302 g/mol. The summed E-state index contributed by atoms with van der Waals surface area (Å²) in [6, 6.07) is 10.3. The van der Waals surface area contributed by atoms with E-state index >= 15 is 0 Å². The summed E-state index contributed by atoms with van der Waals surface area (Å²) in [7, 11) is 0. The average molecular weight is 327 g/mol. The van der Waals surface area contributed by atoms with Crippen LogP contribution in [0.1, 0.15) is 30.8 Å². The van der Waals surface area contributed by atoms with Gasteiger partial charge >= 0.3 is 0 Å². The third kappa shape index (κ3) is 3.51. The van der Waals surface area contributed by atoms with E-state index in [0.717, 1.165) is 22.6 Å². The summed E-state index contributed by atoms with van der Waals surface area (Å²) >= 11 is 0. The molecule has 5 heteroatoms. The first-order valence-electron chi connectivity index (χ1n) is 8.47. The molecule has 0 saturated carbocycles. The summed E-state index contributed by atoms with van der Waals surface area (Å²) in [4.78, 5) is 14.5. The quantitative estimate of drug-likeness (QED) is 0.871. The van der Waals surface area contributed by atoms with Gasteiger partial charge in [0.2, 0.25) is 5.91 Å². The Bertz CT molecular complexity index is 721. The van der Waals surface area contributed by atoms with Crippen LogP contribution >= 0.6 is 0 Å². The Morgan fingerprint density at radius 3 is 2.58 bits per heavy atom. The van der Waals surface area contributed by atoms with Crippen LogP contribution in [0.4, 0.5) is 0 Å². The van der Waals surface area contributed by atoms with Crippen molar-refractivity contribution in [3.63, 3.8) is 0 Å². The van der Waals surface area contributed by atoms with E-state index in [9.17, 15) is 4.79 Å². The van der Waals surface area contributed by atoms with Gasteiger partial charge in [0.1, 0.15) is 0 Å². The van der Waals surface area contributed by atoms with Gasteiger partial charge in [-0.3, -0.25) is 4.79 Å². The second-order valence-corrected chi connectivity index (χ2v) is 6.72. The molecule has 1 aromatic heterocycles. The van der Waals surface area contributed by atoms with Crippen molar-refractivity contribution in [2.75, 3.05) is 13.2 Å². The number of morpholine rings is 1. The number of rotatable bonds is 3. The van der Waals surface area contributed by atoms with Crippen LogP contribution in [-0.4, -0.2) is 45.9 Å². The molecule has 128 valence electrons. The van der Waals surface area contributed by atoms with Crippen LogP contribution in [0.3, 0.4) is 0 Å². The number of benzene rings is 1. The highest BCUT2D eigenvalue weighted by atomic mass is 16.5. The van der Waals surface area contributed by atoms with Gasteiger partial charge in [-0.1, -0.05) is 12.1 Å². The van der Waals surface area contributed by atoms with Crippen molar-refractivity contribution in [1.82, 2.24) is 14.7 Å². The summed E-state index contributed by atoms with van der Waals surface area (Å²) in [5, 5.41) is 4.49. The van der Waals surface area contributed by atoms with Crippen LogP contribution < -0.4 is 0 Å². The smallest absolute Gasteiger partial charge is 0.227 e. The van der Waals surface area contributed by atoms with E-state index in [-0.39, 0.29) is 18.1 Å². The largest absolute Gasteiger partial charge is 0.375 e. The van der Waals surface area contributed by atoms with Crippen molar-refractivity contribution < 1.29 is 9.53 Å². The molecule has 0 aliphatic carbocycles. The molecule has 1 aliphatic rings. The van der Waals surface area contributed by atoms with Crippen molar-refractivity contribution >= 4 is 5.91 Å². The summed E-state index contributed by atoms with van der Waals surface area (Å²) in [5.74, 6) is 0.163. The number of aryl methyl sites for hydroxylation is 2. The Labute approximate surface area is 143 Å². The van der Waals surface area contributed by atoms with Gasteiger partial charge in [0.15, 0.2) is 0 Å². The number of carbonyl (C=O) groups is 1. The highest BCUT2D eigenvalue weighted by Gasteiger charge is 2.27. The van der Waals surface area contributed by atoms with Gasteiger partial charge in [0, 0.05) is 12.2 Å². The molecule has 1 amide bonds. The first kappa shape index (κ1) is 16.7. The van der Waals surface area contributed by atoms with E-state index in [1.165, 1.54) is 0 Å². The van der Waals surface area contributed by atoms with E-state index < -0.39 is 0 Å². The molecule has 24 heavy (non-hydrogen) atoms. The third-order valence-corrected chi connectivity index (χ3v) is 4.47. The molecule has 0 radical (unpaired) electrons. The van der Waals surface area contributed by atoms with E-state index in [1.54, 1.807) is 0 Å². The van der Waals surface area contributed by atoms with Crippen LogP contribution in [0.15, 0.2) is 30.3 Å². The van der Waals surface area contributed by atoms with Crippen LogP contribution in [0.5, 0.6) is 0 Å². The number of amides is 1. The summed E-state index contributed by atoms with van der Waals surface area (Å²) in [6.07, 6.45) is 0.535. The molecular formula is C19H25N3O2. The topological polar surface area (TPSA) is 47.4 Å². The fourth-order valence-corrected chi connectivity index (χ4v) is 3.17. The number of aromatic nitrogens is 2. The van der Waals surface area contributed by atoms with Crippen LogP contribution in [0.25, 0.3) is 5.69 Å². The van der Waals surface area contributed by atoms with E-state index in [0.29, 0.717) is 19.6 Å². The summed E-state index contributed by atoms with van der Waals surface area (Å²) in [6.45, 7) is 9.36. The molecule has 0 spiro atoms. The predicted octanol–water partition coefficient (Wildman–Crippen LogP) is 2.67. The Hall–Kier alpha value is -2.14. The van der Waals surface area contributed by atoms with Gasteiger partial charge < -0.3 is 9.64 Å². The Morgan fingerprint density at radius 1 is 1.25 bits per heavy atom. The van der Waals surface area contributed by atoms with Crippen LogP contribution in [-0.2, 0) is 16.0 Å². The Morgan fingerprint density at radius 2 is 1.96 bits per heavy atom. The highest BCUT2D eigenvalue weighted by molar-refractivity contribution is 5.79. The van der Waals surface area contributed by atoms with Crippen molar-refractivity contribution in [2.45, 2.75) is 46.3 Å². The normalized spacial score (nSPS) is 21.1. The van der Waals surface area contributed by atoms with Gasteiger partial charge in [-0.2, -0.15) is 5.10 Å². The highest BCUT2D eigenvalue weighted by Crippen LogP contribution is 2.16. The monoisotopic (exact) mass is 327 g/mol. The number of hydrogen-bond donors (Lipinski definition) is 0. The fourth-order valence-electron chi connectivity index (χ4n) is 3.17. The predicted molar refractivity (Wildman–Crippen MR) is 93.3 cm³/mol. The number of carbonyl (C=O) groups excluding carboxylic acids is 1. The van der Waals surface area contributed by atoms with E-state index in [1.807, 2.05) is 61.5 Å². The molecule has 2 heterocycles. The van der Waals surface area contributed by atoms with Gasteiger partial charge in [0.05, 0.1) is 36.6 Å². The van der Waals surface area contributed by atoms with Crippen molar-refractivity contribution in [3.8, 4) is 5.69 Å². The fraction of sp³-hybridized carbons (Fsp3) is 0.474. The van der Waals surface area contributed by atoms with Gasteiger partial charge in [-0.15, -0.1) is 0 Å². The SMILES string of the molecule is Cc1cc(C)n(-c2ccc(CC(=O)N3C[C@@H](C)OC[C@@H]3C)cc2)n1. The molecule has 1 saturated heterocycles. The van der Waals surface area contributed by atoms with Crippen molar-refractivity contribution in [3.05, 3.63) is 47.3 Å². The molecule has 5 nitrogen and oxygen atoms in total. The summed E-state index contributed by atoms with van der Waals surface area (Å²) < 4.78 is 7.52. The second-order valence-electron chi connectivity index (χ2n) is 6.72. The number of ether oxygens (including phenoxy) is 1. The lowest BCUT2D eigenvalue weighted by Gasteiger charge is -2.37. The molecule has 2 atom stereocenters. The molecule has 3 rings (SSSR count). The second kappa shape index (κ2) is 6.77. The first-order chi connectivity index (χ1) is 11.4. The lowest BCUT2D eigenvalue weighted by molar-refractivity contribution is -0.142. The maximum atomic E-state index is 12.6. The van der Waals surface area contributed by atoms with Gasteiger partial charge in [-0.05, 0) is 51.5 Å². The van der Waals surface area contributed by atoms with Gasteiger partial charge in [-0.25, -0.2) is 4.68 Å². The van der Waals surface area contributed by atoms with Crippen LogP contribution in [0, 0.1) is 13.8 Å². The lowest BCUT2D eigenvalue weighted by Crippen LogP contribution is -2.50. The molecule has 0 N–H and O–H groups in total. The number of nitrogens with zero attached hydrogens (tertiary/aromatic N) is 3. The first-order valence-corrected chi connectivity index (χ1v) is 8.47. The van der Waals surface area contributed by atoms with Crippen LogP contribution in [0.2, 0.25) is 0 Å². The van der Waals surface area contributed by atoms with E-state index in [2.05, 4.69) is 11.2 Å². The third-order valence-electron chi connectivity index (χ3n) is 4.47. The minimum Gasteiger partial charge on any atom is -0.375 e. The maximum absolute atomic E-state index is 12.6. The molecule has 1 aromatic carbocycles. The Kier molecular flexibility index (Phi) is 4.71. The van der Waals surface area contributed by atoms with Crippen molar-refractivity contribution in [2.24, 2.45) is 0 Å². The standard InChI is InChI=1S/C19H25N3O2/c1-13-9-14(2)22(20-13)18-7-5-17(6-8-18)10-19(23)21-11-16(4)24-12-15(21)3/h5-9,15-16H,10-12H2,1-4H3/t15-,16+/m0/s1. The lowest BCUT2D eigenvalue weighted by atomic mass is 10.1. The van der Waals surface area contributed by atoms with Gasteiger partial charge in [0.25, 0.3) is 0 Å². The molecule has 1 aliphatic heterocycles. The molecule has 0 bridgehead atoms. The zero-order chi connectivity index (χ0) is 17.3. The minimum atomic E-state index is 0.110.